The van der Waals surface area contributed by atoms with Crippen molar-refractivity contribution in [3.8, 4) is 22.6 Å². The predicted octanol–water partition coefficient (Wildman–Crippen LogP) is 9.43. The lowest BCUT2D eigenvalue weighted by atomic mass is 10.0. The van der Waals surface area contributed by atoms with Crippen LogP contribution in [0.4, 0.5) is 4.39 Å². The SMILES string of the molecule is CCCCCCCCCCOc1ccc(C(=O)Oc2ccc(-c3ccc(C(=O)OCC(C)CC)cc3)cc2)c(F)c1. The lowest BCUT2D eigenvalue weighted by Crippen LogP contribution is -2.11. The molecular weight excluding hydrogens is 519 g/mol. The number of carbonyl (C=O) groups is 2. The van der Waals surface area contributed by atoms with E-state index >= 15 is 0 Å². The van der Waals surface area contributed by atoms with Crippen LogP contribution in [0.1, 0.15) is 99.3 Å². The van der Waals surface area contributed by atoms with E-state index in [0.717, 1.165) is 30.4 Å². The highest BCUT2D eigenvalue weighted by atomic mass is 19.1. The number of ether oxygens (including phenoxy) is 3. The van der Waals surface area contributed by atoms with Crippen LogP contribution in [-0.2, 0) is 4.74 Å². The molecule has 0 aliphatic heterocycles. The van der Waals surface area contributed by atoms with E-state index in [4.69, 9.17) is 14.2 Å². The molecule has 0 saturated carbocycles. The Morgan fingerprint density at radius 3 is 1.93 bits per heavy atom. The summed E-state index contributed by atoms with van der Waals surface area (Å²) in [4.78, 5) is 24.8. The van der Waals surface area contributed by atoms with E-state index in [0.29, 0.717) is 36.2 Å². The molecule has 3 rings (SSSR count). The lowest BCUT2D eigenvalue weighted by molar-refractivity contribution is 0.0447. The van der Waals surface area contributed by atoms with E-state index in [2.05, 4.69) is 13.8 Å². The van der Waals surface area contributed by atoms with Gasteiger partial charge in [-0.25, -0.2) is 14.0 Å². The fourth-order valence-corrected chi connectivity index (χ4v) is 4.27. The van der Waals surface area contributed by atoms with Gasteiger partial charge in [0.1, 0.15) is 17.3 Å². The molecule has 0 amide bonds. The minimum atomic E-state index is -0.773. The lowest BCUT2D eigenvalue weighted by Gasteiger charge is -2.10. The molecular formula is C35H43FO5. The van der Waals surface area contributed by atoms with Crippen molar-refractivity contribution in [1.29, 1.82) is 0 Å². The smallest absolute Gasteiger partial charge is 0.346 e. The molecule has 0 fully saturated rings. The predicted molar refractivity (Wildman–Crippen MR) is 161 cm³/mol. The van der Waals surface area contributed by atoms with Crippen molar-refractivity contribution in [1.82, 2.24) is 0 Å². The number of halogens is 1. The Labute approximate surface area is 244 Å². The zero-order chi connectivity index (χ0) is 29.5. The Balaban J connectivity index is 1.46. The molecule has 0 bridgehead atoms. The largest absolute Gasteiger partial charge is 0.493 e. The highest BCUT2D eigenvalue weighted by molar-refractivity contribution is 5.92. The normalized spacial score (nSPS) is 11.6. The van der Waals surface area contributed by atoms with Gasteiger partial charge in [-0.3, -0.25) is 0 Å². The third-order valence-electron chi connectivity index (χ3n) is 7.14. The van der Waals surface area contributed by atoms with Crippen LogP contribution < -0.4 is 9.47 Å². The summed E-state index contributed by atoms with van der Waals surface area (Å²) in [6.07, 6.45) is 10.6. The molecule has 0 radical (unpaired) electrons. The summed E-state index contributed by atoms with van der Waals surface area (Å²) >= 11 is 0. The molecule has 5 nitrogen and oxygen atoms in total. The van der Waals surface area contributed by atoms with Gasteiger partial charge in [-0.15, -0.1) is 0 Å². The van der Waals surface area contributed by atoms with Crippen LogP contribution in [0, 0.1) is 11.7 Å². The number of esters is 2. The summed E-state index contributed by atoms with van der Waals surface area (Å²) in [5.41, 5.74) is 2.13. The summed E-state index contributed by atoms with van der Waals surface area (Å²) in [5.74, 6) is -0.757. The van der Waals surface area contributed by atoms with Crippen LogP contribution in [0.2, 0.25) is 0 Å². The van der Waals surface area contributed by atoms with Crippen molar-refractivity contribution in [2.75, 3.05) is 13.2 Å². The van der Waals surface area contributed by atoms with Crippen LogP contribution in [0.5, 0.6) is 11.5 Å². The molecule has 1 atom stereocenters. The van der Waals surface area contributed by atoms with Crippen molar-refractivity contribution in [2.45, 2.75) is 78.6 Å². The Morgan fingerprint density at radius 2 is 1.32 bits per heavy atom. The first-order valence-electron chi connectivity index (χ1n) is 14.9. The topological polar surface area (TPSA) is 61.8 Å². The molecule has 41 heavy (non-hydrogen) atoms. The molecule has 0 aromatic heterocycles. The Bertz CT molecular complexity index is 1220. The molecule has 0 N–H and O–H groups in total. The van der Waals surface area contributed by atoms with E-state index in [9.17, 15) is 14.0 Å². The maximum Gasteiger partial charge on any atom is 0.346 e. The quantitative estimate of drug-likeness (QED) is 0.0931. The van der Waals surface area contributed by atoms with Crippen LogP contribution in [-0.4, -0.2) is 25.2 Å². The molecule has 0 saturated heterocycles. The summed E-state index contributed by atoms with van der Waals surface area (Å²) < 4.78 is 31.1. The second kappa shape index (κ2) is 17.2. The second-order valence-corrected chi connectivity index (χ2v) is 10.6. The number of hydrogen-bond acceptors (Lipinski definition) is 5. The fraction of sp³-hybridized carbons (Fsp3) is 0.429. The minimum absolute atomic E-state index is 0.149. The van der Waals surface area contributed by atoms with E-state index < -0.39 is 11.8 Å². The third-order valence-corrected chi connectivity index (χ3v) is 7.14. The van der Waals surface area contributed by atoms with Gasteiger partial charge in [0.2, 0.25) is 0 Å². The molecule has 0 heterocycles. The third kappa shape index (κ3) is 10.7. The average Bonchev–Trinajstić information content (AvgIpc) is 2.99. The van der Waals surface area contributed by atoms with Gasteiger partial charge in [-0.1, -0.05) is 96.4 Å². The van der Waals surface area contributed by atoms with Crippen molar-refractivity contribution in [2.24, 2.45) is 5.92 Å². The van der Waals surface area contributed by atoms with Gasteiger partial charge >= 0.3 is 11.9 Å². The Hall–Kier alpha value is -3.67. The molecule has 0 spiro atoms. The van der Waals surface area contributed by atoms with Gasteiger partial charge in [0, 0.05) is 6.07 Å². The van der Waals surface area contributed by atoms with Crippen molar-refractivity contribution in [3.63, 3.8) is 0 Å². The van der Waals surface area contributed by atoms with Gasteiger partial charge < -0.3 is 14.2 Å². The molecule has 220 valence electrons. The van der Waals surface area contributed by atoms with Crippen molar-refractivity contribution in [3.05, 3.63) is 83.7 Å². The van der Waals surface area contributed by atoms with Crippen molar-refractivity contribution >= 4 is 11.9 Å². The zero-order valence-corrected chi connectivity index (χ0v) is 24.6. The van der Waals surface area contributed by atoms with Gasteiger partial charge in [-0.2, -0.15) is 0 Å². The number of benzene rings is 3. The van der Waals surface area contributed by atoms with Crippen molar-refractivity contribution < 1.29 is 28.2 Å². The minimum Gasteiger partial charge on any atom is -0.493 e. The Kier molecular flexibility index (Phi) is 13.4. The molecule has 0 aliphatic rings. The van der Waals surface area contributed by atoms with Crippen LogP contribution in [0.15, 0.2) is 66.7 Å². The van der Waals surface area contributed by atoms with Gasteiger partial charge in [0.05, 0.1) is 24.3 Å². The fourth-order valence-electron chi connectivity index (χ4n) is 4.27. The molecule has 6 heteroatoms. The summed E-state index contributed by atoms with van der Waals surface area (Å²) in [6, 6.07) is 18.3. The van der Waals surface area contributed by atoms with E-state index in [1.165, 1.54) is 50.7 Å². The monoisotopic (exact) mass is 562 g/mol. The van der Waals surface area contributed by atoms with Gasteiger partial charge in [-0.05, 0) is 59.9 Å². The molecule has 3 aromatic rings. The molecule has 1 unspecified atom stereocenters. The first-order chi connectivity index (χ1) is 19.9. The maximum absolute atomic E-state index is 14.6. The van der Waals surface area contributed by atoms with E-state index in [1.807, 2.05) is 19.1 Å². The average molecular weight is 563 g/mol. The maximum atomic E-state index is 14.6. The van der Waals surface area contributed by atoms with Crippen LogP contribution >= 0.6 is 0 Å². The first-order valence-corrected chi connectivity index (χ1v) is 14.9. The highest BCUT2D eigenvalue weighted by Crippen LogP contribution is 2.25. The summed E-state index contributed by atoms with van der Waals surface area (Å²) in [6.45, 7) is 7.24. The Morgan fingerprint density at radius 1 is 0.732 bits per heavy atom. The van der Waals surface area contributed by atoms with Gasteiger partial charge in [0.15, 0.2) is 0 Å². The number of unbranched alkanes of at least 4 members (excludes halogenated alkanes) is 7. The van der Waals surface area contributed by atoms with Crippen LogP contribution in [0.25, 0.3) is 11.1 Å². The molecule has 3 aromatic carbocycles. The number of rotatable bonds is 17. The highest BCUT2D eigenvalue weighted by Gasteiger charge is 2.16. The number of carbonyl (C=O) groups excluding carboxylic acids is 2. The summed E-state index contributed by atoms with van der Waals surface area (Å²) in [5, 5.41) is 0. The van der Waals surface area contributed by atoms with E-state index in [-0.39, 0.29) is 11.5 Å². The summed E-state index contributed by atoms with van der Waals surface area (Å²) in [7, 11) is 0. The van der Waals surface area contributed by atoms with Gasteiger partial charge in [0.25, 0.3) is 0 Å². The zero-order valence-electron chi connectivity index (χ0n) is 24.6. The first kappa shape index (κ1) is 31.9. The second-order valence-electron chi connectivity index (χ2n) is 10.6. The van der Waals surface area contributed by atoms with E-state index in [1.54, 1.807) is 42.5 Å². The van der Waals surface area contributed by atoms with Crippen LogP contribution in [0.3, 0.4) is 0 Å². The standard InChI is InChI=1S/C35H43FO5/c1-4-6-7-8-9-10-11-12-23-39-31-21-22-32(33(36)24-31)35(38)41-30-19-17-28(18-20-30)27-13-15-29(16-14-27)34(37)40-25-26(3)5-2/h13-22,24,26H,4-12,23,25H2,1-3H3. The molecule has 0 aliphatic carbocycles. The number of hydrogen-bond donors (Lipinski definition) is 0.